The zero-order valence-electron chi connectivity index (χ0n) is 13.5. The third-order valence-corrected chi connectivity index (χ3v) is 4.21. The molecule has 0 saturated heterocycles. The second kappa shape index (κ2) is 5.59. The van der Waals surface area contributed by atoms with E-state index < -0.39 is 0 Å². The number of carbonyl (C=O) groups is 1. The summed E-state index contributed by atoms with van der Waals surface area (Å²) in [7, 11) is 3.40. The number of pyridine rings is 1. The molecule has 122 valence electrons. The van der Waals surface area contributed by atoms with Crippen molar-refractivity contribution in [3.63, 3.8) is 0 Å². The van der Waals surface area contributed by atoms with Crippen molar-refractivity contribution in [3.8, 4) is 5.88 Å². The van der Waals surface area contributed by atoms with E-state index in [2.05, 4.69) is 20.5 Å². The molecular weight excluding hydrogens is 306 g/mol. The lowest BCUT2D eigenvalue weighted by atomic mass is 10.1. The molecule has 4 rings (SSSR count). The van der Waals surface area contributed by atoms with Crippen LogP contribution < -0.4 is 10.1 Å². The third kappa shape index (κ3) is 2.47. The van der Waals surface area contributed by atoms with Gasteiger partial charge in [0.15, 0.2) is 0 Å². The Labute approximate surface area is 138 Å². The SMILES string of the molecule is COc1nc(C(=O)Nc2nnc(C3CC3)n2C)cc2ccccc12. The number of fused-ring (bicyclic) bond motifs is 1. The van der Waals surface area contributed by atoms with Crippen LogP contribution in [-0.4, -0.2) is 32.8 Å². The Kier molecular flexibility index (Phi) is 3.41. The molecular formula is C17H17N5O2. The van der Waals surface area contributed by atoms with Crippen LogP contribution >= 0.6 is 0 Å². The van der Waals surface area contributed by atoms with Crippen LogP contribution in [0, 0.1) is 0 Å². The van der Waals surface area contributed by atoms with Crippen LogP contribution in [0.2, 0.25) is 0 Å². The van der Waals surface area contributed by atoms with Gasteiger partial charge in [-0.3, -0.25) is 14.7 Å². The van der Waals surface area contributed by atoms with Crippen molar-refractivity contribution in [2.24, 2.45) is 7.05 Å². The second-order valence-corrected chi connectivity index (χ2v) is 5.91. The van der Waals surface area contributed by atoms with Gasteiger partial charge in [0.1, 0.15) is 11.5 Å². The quantitative estimate of drug-likeness (QED) is 0.798. The number of carbonyl (C=O) groups excluding carboxylic acids is 1. The molecule has 2 heterocycles. The summed E-state index contributed by atoms with van der Waals surface area (Å²) in [5.41, 5.74) is 0.279. The van der Waals surface area contributed by atoms with Gasteiger partial charge in [0, 0.05) is 18.4 Å². The number of benzene rings is 1. The van der Waals surface area contributed by atoms with Crippen molar-refractivity contribution in [2.45, 2.75) is 18.8 Å². The van der Waals surface area contributed by atoms with Gasteiger partial charge in [-0.1, -0.05) is 18.2 Å². The molecule has 7 heteroatoms. The number of nitrogens with one attached hydrogen (secondary N) is 1. The molecule has 1 fully saturated rings. The van der Waals surface area contributed by atoms with Crippen LogP contribution in [0.4, 0.5) is 5.95 Å². The van der Waals surface area contributed by atoms with Crippen molar-refractivity contribution in [1.29, 1.82) is 0 Å². The third-order valence-electron chi connectivity index (χ3n) is 4.21. The molecule has 1 aliphatic rings. The highest BCUT2D eigenvalue weighted by molar-refractivity contribution is 6.04. The summed E-state index contributed by atoms with van der Waals surface area (Å²) < 4.78 is 7.14. The van der Waals surface area contributed by atoms with Crippen molar-refractivity contribution in [1.82, 2.24) is 19.7 Å². The van der Waals surface area contributed by atoms with Crippen molar-refractivity contribution in [2.75, 3.05) is 12.4 Å². The predicted molar refractivity (Wildman–Crippen MR) is 89.2 cm³/mol. The van der Waals surface area contributed by atoms with Gasteiger partial charge in [-0.15, -0.1) is 10.2 Å². The number of methoxy groups -OCH3 is 1. The fourth-order valence-corrected chi connectivity index (χ4v) is 2.75. The van der Waals surface area contributed by atoms with E-state index in [4.69, 9.17) is 4.74 Å². The van der Waals surface area contributed by atoms with Crippen molar-refractivity contribution >= 4 is 22.6 Å². The highest BCUT2D eigenvalue weighted by Gasteiger charge is 2.29. The first-order valence-corrected chi connectivity index (χ1v) is 7.82. The summed E-state index contributed by atoms with van der Waals surface area (Å²) in [6.07, 6.45) is 2.26. The summed E-state index contributed by atoms with van der Waals surface area (Å²) in [6, 6.07) is 9.39. The summed E-state index contributed by atoms with van der Waals surface area (Å²) in [5, 5.41) is 12.8. The lowest BCUT2D eigenvalue weighted by Gasteiger charge is -2.09. The smallest absolute Gasteiger partial charge is 0.276 e. The molecule has 1 aliphatic carbocycles. The minimum Gasteiger partial charge on any atom is -0.481 e. The van der Waals surface area contributed by atoms with E-state index in [1.807, 2.05) is 35.9 Å². The van der Waals surface area contributed by atoms with E-state index in [0.29, 0.717) is 17.7 Å². The summed E-state index contributed by atoms with van der Waals surface area (Å²) in [4.78, 5) is 16.9. The van der Waals surface area contributed by atoms with Gasteiger partial charge in [-0.05, 0) is 30.4 Å². The van der Waals surface area contributed by atoms with E-state index in [0.717, 1.165) is 29.4 Å². The topological polar surface area (TPSA) is 81.9 Å². The number of hydrogen-bond acceptors (Lipinski definition) is 5. The average Bonchev–Trinajstić information content (AvgIpc) is 3.39. The Morgan fingerprint density at radius 3 is 2.83 bits per heavy atom. The molecule has 0 unspecified atom stereocenters. The van der Waals surface area contributed by atoms with Gasteiger partial charge in [0.25, 0.3) is 5.91 Å². The minimum absolute atomic E-state index is 0.279. The minimum atomic E-state index is -0.336. The van der Waals surface area contributed by atoms with Crippen LogP contribution in [0.15, 0.2) is 30.3 Å². The molecule has 0 spiro atoms. The Balaban J connectivity index is 1.65. The molecule has 0 bridgehead atoms. The Morgan fingerprint density at radius 2 is 2.08 bits per heavy atom. The molecule has 0 radical (unpaired) electrons. The van der Waals surface area contributed by atoms with Crippen molar-refractivity contribution in [3.05, 3.63) is 41.9 Å². The van der Waals surface area contributed by atoms with Gasteiger partial charge in [-0.25, -0.2) is 4.98 Å². The molecule has 0 atom stereocenters. The van der Waals surface area contributed by atoms with Crippen LogP contribution in [-0.2, 0) is 7.05 Å². The first-order chi connectivity index (χ1) is 11.7. The standard InChI is InChI=1S/C17H17N5O2/c1-22-14(10-7-8-10)20-21-17(22)19-15(23)13-9-11-5-3-4-6-12(11)16(18-13)24-2/h3-6,9-10H,7-8H2,1-2H3,(H,19,21,23). The maximum atomic E-state index is 12.6. The average molecular weight is 323 g/mol. The Bertz CT molecular complexity index is 930. The molecule has 2 aromatic heterocycles. The first kappa shape index (κ1) is 14.6. The number of aromatic nitrogens is 4. The van der Waals surface area contributed by atoms with E-state index >= 15 is 0 Å². The van der Waals surface area contributed by atoms with E-state index in [1.54, 1.807) is 13.2 Å². The number of nitrogens with zero attached hydrogens (tertiary/aromatic N) is 4. The van der Waals surface area contributed by atoms with Crippen LogP contribution in [0.25, 0.3) is 10.8 Å². The molecule has 24 heavy (non-hydrogen) atoms. The summed E-state index contributed by atoms with van der Waals surface area (Å²) in [5.74, 6) is 1.89. The second-order valence-electron chi connectivity index (χ2n) is 5.91. The Morgan fingerprint density at radius 1 is 1.29 bits per heavy atom. The normalized spacial score (nSPS) is 13.9. The Hall–Kier alpha value is -2.96. The predicted octanol–water partition coefficient (Wildman–Crippen LogP) is 2.50. The van der Waals surface area contributed by atoms with Gasteiger partial charge in [0.2, 0.25) is 11.8 Å². The maximum absolute atomic E-state index is 12.6. The highest BCUT2D eigenvalue weighted by atomic mass is 16.5. The lowest BCUT2D eigenvalue weighted by molar-refractivity contribution is 0.102. The van der Waals surface area contributed by atoms with Gasteiger partial charge < -0.3 is 4.74 Å². The number of ether oxygens (including phenoxy) is 1. The van der Waals surface area contributed by atoms with Gasteiger partial charge in [-0.2, -0.15) is 0 Å². The number of hydrogen-bond donors (Lipinski definition) is 1. The number of amides is 1. The lowest BCUT2D eigenvalue weighted by Crippen LogP contribution is -2.17. The monoisotopic (exact) mass is 323 g/mol. The van der Waals surface area contributed by atoms with Gasteiger partial charge in [0.05, 0.1) is 7.11 Å². The molecule has 1 aromatic carbocycles. The number of anilines is 1. The molecule has 1 saturated carbocycles. The number of rotatable bonds is 4. The van der Waals surface area contributed by atoms with E-state index in [1.165, 1.54) is 0 Å². The first-order valence-electron chi connectivity index (χ1n) is 7.82. The van der Waals surface area contributed by atoms with Crippen LogP contribution in [0.5, 0.6) is 5.88 Å². The molecule has 7 nitrogen and oxygen atoms in total. The van der Waals surface area contributed by atoms with E-state index in [9.17, 15) is 4.79 Å². The van der Waals surface area contributed by atoms with Crippen LogP contribution in [0.1, 0.15) is 35.1 Å². The zero-order chi connectivity index (χ0) is 16.7. The highest BCUT2D eigenvalue weighted by Crippen LogP contribution is 2.39. The zero-order valence-corrected chi connectivity index (χ0v) is 13.5. The maximum Gasteiger partial charge on any atom is 0.276 e. The fourth-order valence-electron chi connectivity index (χ4n) is 2.75. The molecule has 1 N–H and O–H groups in total. The fraction of sp³-hybridized carbons (Fsp3) is 0.294. The van der Waals surface area contributed by atoms with Crippen LogP contribution in [0.3, 0.4) is 0 Å². The summed E-state index contributed by atoms with van der Waals surface area (Å²) in [6.45, 7) is 0. The molecule has 1 amide bonds. The van der Waals surface area contributed by atoms with Crippen molar-refractivity contribution < 1.29 is 9.53 Å². The molecule has 3 aromatic rings. The van der Waals surface area contributed by atoms with E-state index in [-0.39, 0.29) is 11.6 Å². The largest absolute Gasteiger partial charge is 0.481 e. The van der Waals surface area contributed by atoms with Gasteiger partial charge >= 0.3 is 0 Å². The molecule has 0 aliphatic heterocycles. The summed E-state index contributed by atoms with van der Waals surface area (Å²) >= 11 is 0.